The smallest absolute Gasteiger partial charge is 0.225 e. The first-order valence-corrected chi connectivity index (χ1v) is 7.05. The second-order valence-corrected chi connectivity index (χ2v) is 5.48. The highest BCUT2D eigenvalue weighted by Gasteiger charge is 2.35. The maximum atomic E-state index is 12.5. The van der Waals surface area contributed by atoms with Gasteiger partial charge in [-0.2, -0.15) is 0 Å². The van der Waals surface area contributed by atoms with Gasteiger partial charge in [0, 0.05) is 25.0 Å². The molecule has 1 fully saturated rings. The van der Waals surface area contributed by atoms with Crippen LogP contribution in [-0.4, -0.2) is 29.9 Å². The molecule has 1 aliphatic rings. The van der Waals surface area contributed by atoms with E-state index in [0.29, 0.717) is 17.9 Å². The van der Waals surface area contributed by atoms with E-state index in [4.69, 9.17) is 5.73 Å². The number of nitrogens with zero attached hydrogens (tertiary/aromatic N) is 1. The Hall–Kier alpha value is -0.570. The van der Waals surface area contributed by atoms with Crippen LogP contribution in [0.3, 0.4) is 0 Å². The molecule has 0 bridgehead atoms. The largest absolute Gasteiger partial charge is 0.343 e. The van der Waals surface area contributed by atoms with Crippen molar-refractivity contribution < 1.29 is 4.79 Å². The quantitative estimate of drug-likeness (QED) is 0.820. The van der Waals surface area contributed by atoms with Gasteiger partial charge in [-0.15, -0.1) is 0 Å². The molecular weight excluding hydrogens is 212 g/mol. The van der Waals surface area contributed by atoms with Gasteiger partial charge in [0.2, 0.25) is 5.91 Å². The van der Waals surface area contributed by atoms with Gasteiger partial charge >= 0.3 is 0 Å². The lowest BCUT2D eigenvalue weighted by Gasteiger charge is -2.37. The van der Waals surface area contributed by atoms with Crippen LogP contribution in [0.5, 0.6) is 0 Å². The number of carbonyl (C=O) groups is 1. The highest BCUT2D eigenvalue weighted by Crippen LogP contribution is 2.31. The van der Waals surface area contributed by atoms with Crippen molar-refractivity contribution in [1.29, 1.82) is 0 Å². The summed E-state index contributed by atoms with van der Waals surface area (Å²) < 4.78 is 0. The first-order chi connectivity index (χ1) is 8.02. The molecule has 0 aromatic rings. The number of hydrogen-bond acceptors (Lipinski definition) is 2. The van der Waals surface area contributed by atoms with E-state index in [1.807, 2.05) is 11.9 Å². The normalized spacial score (nSPS) is 29.4. The average Bonchev–Trinajstić information content (AvgIpc) is 2.33. The van der Waals surface area contributed by atoms with Crippen LogP contribution in [-0.2, 0) is 4.79 Å². The van der Waals surface area contributed by atoms with E-state index in [0.717, 1.165) is 32.1 Å². The lowest BCUT2D eigenvalue weighted by atomic mass is 9.76. The van der Waals surface area contributed by atoms with Crippen molar-refractivity contribution in [3.8, 4) is 0 Å². The molecule has 0 aromatic carbocycles. The molecule has 0 spiro atoms. The molecule has 3 unspecified atom stereocenters. The fourth-order valence-corrected chi connectivity index (χ4v) is 3.02. The molecule has 1 amide bonds. The number of rotatable bonds is 4. The second kappa shape index (κ2) is 6.39. The zero-order valence-corrected chi connectivity index (χ0v) is 11.8. The lowest BCUT2D eigenvalue weighted by Crippen LogP contribution is -2.47. The van der Waals surface area contributed by atoms with E-state index < -0.39 is 0 Å². The fraction of sp³-hybridized carbons (Fsp3) is 0.929. The Kier molecular flexibility index (Phi) is 5.44. The maximum absolute atomic E-state index is 12.5. The molecule has 0 heterocycles. The van der Waals surface area contributed by atoms with Crippen LogP contribution in [0, 0.1) is 11.8 Å². The fourth-order valence-electron chi connectivity index (χ4n) is 3.02. The molecule has 17 heavy (non-hydrogen) atoms. The number of hydrogen-bond donors (Lipinski definition) is 1. The first kappa shape index (κ1) is 14.5. The van der Waals surface area contributed by atoms with Crippen LogP contribution >= 0.6 is 0 Å². The van der Waals surface area contributed by atoms with Gasteiger partial charge in [-0.05, 0) is 31.6 Å². The predicted octanol–water partition coefficient (Wildman–Crippen LogP) is 2.40. The minimum atomic E-state index is 0.143. The van der Waals surface area contributed by atoms with Crippen LogP contribution < -0.4 is 5.73 Å². The topological polar surface area (TPSA) is 46.3 Å². The predicted molar refractivity (Wildman–Crippen MR) is 71.6 cm³/mol. The minimum Gasteiger partial charge on any atom is -0.343 e. The summed E-state index contributed by atoms with van der Waals surface area (Å²) in [5.74, 6) is 0.777. The zero-order chi connectivity index (χ0) is 13.0. The van der Waals surface area contributed by atoms with Gasteiger partial charge < -0.3 is 10.6 Å². The highest BCUT2D eigenvalue weighted by atomic mass is 16.2. The molecule has 3 heteroatoms. The van der Waals surface area contributed by atoms with Gasteiger partial charge in [-0.3, -0.25) is 4.79 Å². The summed E-state index contributed by atoms with van der Waals surface area (Å²) in [5, 5.41) is 0. The molecular formula is C14H28N2O. The standard InChI is InChI=1S/C14H28N2O/c1-5-11(6-2)16(4)14(17)12-8-7-9-13(15)10(12)3/h10-13H,5-9,15H2,1-4H3. The summed E-state index contributed by atoms with van der Waals surface area (Å²) in [6.07, 6.45) is 5.24. The van der Waals surface area contributed by atoms with E-state index in [9.17, 15) is 4.79 Å². The molecule has 0 saturated heterocycles. The number of nitrogens with two attached hydrogens (primary N) is 1. The Morgan fingerprint density at radius 3 is 2.47 bits per heavy atom. The summed E-state index contributed by atoms with van der Waals surface area (Å²) in [4.78, 5) is 14.4. The third-order valence-corrected chi connectivity index (χ3v) is 4.52. The van der Waals surface area contributed by atoms with Crippen molar-refractivity contribution in [2.75, 3.05) is 7.05 Å². The first-order valence-electron chi connectivity index (χ1n) is 7.05. The van der Waals surface area contributed by atoms with Gasteiger partial charge in [0.1, 0.15) is 0 Å². The summed E-state index contributed by atoms with van der Waals surface area (Å²) in [5.41, 5.74) is 6.08. The maximum Gasteiger partial charge on any atom is 0.225 e. The molecule has 1 aliphatic carbocycles. The Morgan fingerprint density at radius 1 is 1.35 bits per heavy atom. The Balaban J connectivity index is 2.67. The summed E-state index contributed by atoms with van der Waals surface area (Å²) >= 11 is 0. The van der Waals surface area contributed by atoms with Gasteiger partial charge in [0.05, 0.1) is 0 Å². The van der Waals surface area contributed by atoms with Gasteiger partial charge in [0.25, 0.3) is 0 Å². The second-order valence-electron chi connectivity index (χ2n) is 5.48. The van der Waals surface area contributed by atoms with Crippen LogP contribution in [0.4, 0.5) is 0 Å². The molecule has 0 aromatic heterocycles. The van der Waals surface area contributed by atoms with Crippen LogP contribution in [0.15, 0.2) is 0 Å². The lowest BCUT2D eigenvalue weighted by molar-refractivity contribution is -0.139. The molecule has 1 saturated carbocycles. The van der Waals surface area contributed by atoms with E-state index in [1.54, 1.807) is 0 Å². The van der Waals surface area contributed by atoms with Crippen molar-refractivity contribution in [2.45, 2.75) is 65.0 Å². The highest BCUT2D eigenvalue weighted by molar-refractivity contribution is 5.79. The minimum absolute atomic E-state index is 0.143. The van der Waals surface area contributed by atoms with E-state index in [2.05, 4.69) is 20.8 Å². The third-order valence-electron chi connectivity index (χ3n) is 4.52. The van der Waals surface area contributed by atoms with Crippen molar-refractivity contribution >= 4 is 5.91 Å². The van der Waals surface area contributed by atoms with Crippen LogP contribution in [0.2, 0.25) is 0 Å². The van der Waals surface area contributed by atoms with Crippen molar-refractivity contribution in [3.63, 3.8) is 0 Å². The van der Waals surface area contributed by atoms with Crippen molar-refractivity contribution in [3.05, 3.63) is 0 Å². The van der Waals surface area contributed by atoms with E-state index in [-0.39, 0.29) is 12.0 Å². The van der Waals surface area contributed by atoms with E-state index in [1.165, 1.54) is 0 Å². The SMILES string of the molecule is CCC(CC)N(C)C(=O)C1CCCC(N)C1C. The molecule has 2 N–H and O–H groups in total. The van der Waals surface area contributed by atoms with Crippen molar-refractivity contribution in [1.82, 2.24) is 4.90 Å². The summed E-state index contributed by atoms with van der Waals surface area (Å²) in [6, 6.07) is 0.584. The summed E-state index contributed by atoms with van der Waals surface area (Å²) in [6.45, 7) is 6.43. The van der Waals surface area contributed by atoms with Gasteiger partial charge in [-0.1, -0.05) is 27.2 Å². The molecule has 0 radical (unpaired) electrons. The molecule has 0 aliphatic heterocycles. The van der Waals surface area contributed by atoms with Crippen LogP contribution in [0.1, 0.15) is 52.9 Å². The van der Waals surface area contributed by atoms with Crippen LogP contribution in [0.25, 0.3) is 0 Å². The molecule has 3 atom stereocenters. The Bertz CT molecular complexity index is 251. The number of amides is 1. The zero-order valence-electron chi connectivity index (χ0n) is 11.8. The van der Waals surface area contributed by atoms with Gasteiger partial charge in [0.15, 0.2) is 0 Å². The molecule has 100 valence electrons. The Morgan fingerprint density at radius 2 is 1.94 bits per heavy atom. The van der Waals surface area contributed by atoms with Crippen molar-refractivity contribution in [2.24, 2.45) is 17.6 Å². The van der Waals surface area contributed by atoms with E-state index >= 15 is 0 Å². The monoisotopic (exact) mass is 240 g/mol. The third kappa shape index (κ3) is 3.21. The summed E-state index contributed by atoms with van der Waals surface area (Å²) in [7, 11) is 1.95. The molecule has 1 rings (SSSR count). The number of carbonyl (C=O) groups excluding carboxylic acids is 1. The van der Waals surface area contributed by atoms with Gasteiger partial charge in [-0.25, -0.2) is 0 Å². The molecule has 3 nitrogen and oxygen atoms in total. The Labute approximate surface area is 106 Å². The average molecular weight is 240 g/mol.